The minimum absolute atomic E-state index is 0.0741. The van der Waals surface area contributed by atoms with Gasteiger partial charge in [0.15, 0.2) is 11.0 Å². The van der Waals surface area contributed by atoms with Crippen LogP contribution in [0, 0.1) is 13.8 Å². The molecule has 3 heterocycles. The maximum atomic E-state index is 12.5. The molecule has 4 rings (SSSR count). The van der Waals surface area contributed by atoms with Crippen molar-refractivity contribution < 1.29 is 4.74 Å². The molecular formula is C22H23N5O2S. The number of aryl methyl sites for hydroxylation is 2. The van der Waals surface area contributed by atoms with Gasteiger partial charge in [-0.15, -0.1) is 10.2 Å². The number of thioether (sulfide) groups is 1. The lowest BCUT2D eigenvalue weighted by Crippen LogP contribution is -2.17. The molecule has 0 saturated heterocycles. The molecule has 4 aromatic rings. The largest absolute Gasteiger partial charge is 0.383 e. The summed E-state index contributed by atoms with van der Waals surface area (Å²) in [7, 11) is 1.68. The van der Waals surface area contributed by atoms with Crippen LogP contribution in [0.5, 0.6) is 0 Å². The van der Waals surface area contributed by atoms with Gasteiger partial charge in [0.25, 0.3) is 5.56 Å². The molecule has 0 amide bonds. The fourth-order valence-corrected chi connectivity index (χ4v) is 4.21. The van der Waals surface area contributed by atoms with Crippen molar-refractivity contribution in [2.24, 2.45) is 0 Å². The van der Waals surface area contributed by atoms with E-state index in [9.17, 15) is 4.79 Å². The molecule has 154 valence electrons. The summed E-state index contributed by atoms with van der Waals surface area (Å²) < 4.78 is 8.95. The van der Waals surface area contributed by atoms with Crippen LogP contribution < -0.4 is 5.56 Å². The monoisotopic (exact) mass is 421 g/mol. The Hall–Kier alpha value is -2.97. The lowest BCUT2D eigenvalue weighted by molar-refractivity contribution is 0.185. The zero-order valence-electron chi connectivity index (χ0n) is 17.2. The van der Waals surface area contributed by atoms with Crippen LogP contribution in [0.4, 0.5) is 0 Å². The van der Waals surface area contributed by atoms with Crippen LogP contribution in [0.25, 0.3) is 17.0 Å². The normalized spacial score (nSPS) is 11.3. The third-order valence-electron chi connectivity index (χ3n) is 4.79. The van der Waals surface area contributed by atoms with Crippen LogP contribution in [-0.2, 0) is 17.0 Å². The Bertz CT molecular complexity index is 1250. The average molecular weight is 422 g/mol. The van der Waals surface area contributed by atoms with Crippen molar-refractivity contribution in [1.29, 1.82) is 0 Å². The number of hydrogen-bond donors (Lipinski definition) is 0. The van der Waals surface area contributed by atoms with Crippen LogP contribution in [0.15, 0.2) is 58.5 Å². The highest BCUT2D eigenvalue weighted by Gasteiger charge is 2.15. The van der Waals surface area contributed by atoms with Gasteiger partial charge in [-0.3, -0.25) is 13.8 Å². The number of fused-ring (bicyclic) bond motifs is 1. The van der Waals surface area contributed by atoms with Gasteiger partial charge >= 0.3 is 0 Å². The van der Waals surface area contributed by atoms with Crippen LogP contribution >= 0.6 is 11.8 Å². The summed E-state index contributed by atoms with van der Waals surface area (Å²) in [5.74, 6) is 1.33. The Morgan fingerprint density at radius 3 is 2.70 bits per heavy atom. The highest BCUT2D eigenvalue weighted by atomic mass is 32.2. The van der Waals surface area contributed by atoms with E-state index in [1.807, 2.05) is 37.3 Å². The Kier molecular flexibility index (Phi) is 5.96. The second-order valence-corrected chi connectivity index (χ2v) is 8.00. The van der Waals surface area contributed by atoms with E-state index in [0.717, 1.165) is 22.2 Å². The molecule has 0 aliphatic heterocycles. The summed E-state index contributed by atoms with van der Waals surface area (Å²) in [5, 5.41) is 9.59. The van der Waals surface area contributed by atoms with Crippen molar-refractivity contribution in [1.82, 2.24) is 24.1 Å². The maximum absolute atomic E-state index is 12.5. The smallest absolute Gasteiger partial charge is 0.258 e. The highest BCUT2D eigenvalue weighted by Crippen LogP contribution is 2.26. The predicted molar refractivity (Wildman–Crippen MR) is 118 cm³/mol. The first-order valence-corrected chi connectivity index (χ1v) is 10.7. The van der Waals surface area contributed by atoms with Crippen LogP contribution in [0.3, 0.4) is 0 Å². The molecule has 0 unspecified atom stereocenters. The second kappa shape index (κ2) is 8.81. The summed E-state index contributed by atoms with van der Waals surface area (Å²) in [6.07, 6.45) is 0. The summed E-state index contributed by atoms with van der Waals surface area (Å²) in [6.45, 7) is 5.15. The zero-order valence-corrected chi connectivity index (χ0v) is 18.0. The van der Waals surface area contributed by atoms with E-state index in [1.165, 1.54) is 17.3 Å². The lowest BCUT2D eigenvalue weighted by atomic mass is 10.1. The first-order valence-electron chi connectivity index (χ1n) is 9.67. The van der Waals surface area contributed by atoms with Gasteiger partial charge in [-0.25, -0.2) is 4.98 Å². The fourth-order valence-electron chi connectivity index (χ4n) is 3.35. The molecule has 0 aliphatic carbocycles. The van der Waals surface area contributed by atoms with Gasteiger partial charge in [0.05, 0.1) is 18.8 Å². The number of benzene rings is 1. The van der Waals surface area contributed by atoms with Gasteiger partial charge in [0, 0.05) is 30.2 Å². The van der Waals surface area contributed by atoms with E-state index >= 15 is 0 Å². The lowest BCUT2D eigenvalue weighted by Gasteiger charge is -2.10. The molecule has 0 radical (unpaired) electrons. The van der Waals surface area contributed by atoms with Crippen molar-refractivity contribution in [2.75, 3.05) is 13.7 Å². The van der Waals surface area contributed by atoms with E-state index in [2.05, 4.69) is 38.8 Å². The summed E-state index contributed by atoms with van der Waals surface area (Å²) in [4.78, 5) is 17.2. The van der Waals surface area contributed by atoms with E-state index < -0.39 is 0 Å². The highest BCUT2D eigenvalue weighted by molar-refractivity contribution is 7.98. The van der Waals surface area contributed by atoms with Gasteiger partial charge in [-0.1, -0.05) is 41.6 Å². The molecule has 0 fully saturated rings. The van der Waals surface area contributed by atoms with E-state index in [4.69, 9.17) is 4.74 Å². The molecule has 0 bridgehead atoms. The Morgan fingerprint density at radius 1 is 1.07 bits per heavy atom. The Morgan fingerprint density at radius 2 is 1.90 bits per heavy atom. The predicted octanol–water partition coefficient (Wildman–Crippen LogP) is 3.51. The topological polar surface area (TPSA) is 74.3 Å². The summed E-state index contributed by atoms with van der Waals surface area (Å²) in [5.41, 5.74) is 4.34. The van der Waals surface area contributed by atoms with Crippen LogP contribution in [0.1, 0.15) is 17.0 Å². The average Bonchev–Trinajstić information content (AvgIpc) is 3.13. The summed E-state index contributed by atoms with van der Waals surface area (Å²) >= 11 is 1.51. The number of nitrogens with zero attached hydrogens (tertiary/aromatic N) is 5. The van der Waals surface area contributed by atoms with Crippen molar-refractivity contribution in [3.8, 4) is 11.4 Å². The standard InChI is InChI=1S/C22H23N5O2S/c1-15-6-4-8-17(12-15)21-24-25-22(26(21)10-11-29-3)30-14-18-13-20(28)27-16(2)7-5-9-19(27)23-18/h4-9,12-13H,10-11,14H2,1-3H3. The molecule has 8 heteroatoms. The molecule has 30 heavy (non-hydrogen) atoms. The number of ether oxygens (including phenoxy) is 1. The number of methoxy groups -OCH3 is 1. The molecule has 0 aliphatic rings. The third-order valence-corrected chi connectivity index (χ3v) is 5.79. The number of hydrogen-bond acceptors (Lipinski definition) is 6. The van der Waals surface area contributed by atoms with Gasteiger partial charge in [-0.05, 0) is 32.0 Å². The molecule has 0 atom stereocenters. The summed E-state index contributed by atoms with van der Waals surface area (Å²) in [6, 6.07) is 15.4. The van der Waals surface area contributed by atoms with Crippen LogP contribution in [0.2, 0.25) is 0 Å². The van der Waals surface area contributed by atoms with Crippen molar-refractivity contribution in [2.45, 2.75) is 31.3 Å². The number of rotatable bonds is 7. The quantitative estimate of drug-likeness (QED) is 0.425. The van der Waals surface area contributed by atoms with Crippen molar-refractivity contribution in [3.05, 3.63) is 75.8 Å². The number of pyridine rings is 1. The fraction of sp³-hybridized carbons (Fsp3) is 0.273. The van der Waals surface area contributed by atoms with Gasteiger partial charge in [0.2, 0.25) is 0 Å². The molecule has 0 saturated carbocycles. The zero-order chi connectivity index (χ0) is 21.1. The number of aromatic nitrogens is 5. The Labute approximate surface area is 178 Å². The van der Waals surface area contributed by atoms with Gasteiger partial charge < -0.3 is 4.74 Å². The van der Waals surface area contributed by atoms with Crippen molar-refractivity contribution in [3.63, 3.8) is 0 Å². The minimum Gasteiger partial charge on any atom is -0.383 e. The van der Waals surface area contributed by atoms with Crippen LogP contribution in [-0.4, -0.2) is 37.9 Å². The SMILES string of the molecule is COCCn1c(SCc2cc(=O)n3c(C)cccc3n2)nnc1-c1cccc(C)c1. The first kappa shape index (κ1) is 20.3. The molecule has 1 aromatic carbocycles. The van der Waals surface area contributed by atoms with E-state index in [1.54, 1.807) is 17.6 Å². The van der Waals surface area contributed by atoms with E-state index in [-0.39, 0.29) is 5.56 Å². The van der Waals surface area contributed by atoms with Gasteiger partial charge in [-0.2, -0.15) is 0 Å². The third kappa shape index (κ3) is 4.15. The first-order chi connectivity index (χ1) is 14.6. The molecular weight excluding hydrogens is 398 g/mol. The molecule has 3 aromatic heterocycles. The van der Waals surface area contributed by atoms with E-state index in [0.29, 0.717) is 30.2 Å². The minimum atomic E-state index is -0.0741. The molecule has 0 N–H and O–H groups in total. The second-order valence-electron chi connectivity index (χ2n) is 7.06. The van der Waals surface area contributed by atoms with Gasteiger partial charge in [0.1, 0.15) is 5.65 Å². The maximum Gasteiger partial charge on any atom is 0.258 e. The molecule has 7 nitrogen and oxygen atoms in total. The van der Waals surface area contributed by atoms with Crippen molar-refractivity contribution >= 4 is 17.4 Å². The Balaban J connectivity index is 1.63. The molecule has 0 spiro atoms.